The fourth-order valence-corrected chi connectivity index (χ4v) is 5.44. The second kappa shape index (κ2) is 10.9. The van der Waals surface area contributed by atoms with Crippen LogP contribution >= 0.6 is 11.6 Å². The van der Waals surface area contributed by atoms with Crippen molar-refractivity contribution < 1.29 is 9.59 Å². The predicted molar refractivity (Wildman–Crippen MR) is 131 cm³/mol. The van der Waals surface area contributed by atoms with Gasteiger partial charge >= 0.3 is 0 Å². The summed E-state index contributed by atoms with van der Waals surface area (Å²) in [6.07, 6.45) is 11.0. The molecule has 2 fully saturated rings. The maximum absolute atomic E-state index is 12.7. The summed E-state index contributed by atoms with van der Waals surface area (Å²) in [5, 5.41) is 9.74. The Bertz CT molecular complexity index is 987. The van der Waals surface area contributed by atoms with Crippen molar-refractivity contribution in [3.8, 4) is 0 Å². The number of aryl methyl sites for hydroxylation is 2. The smallest absolute Gasteiger partial charge is 0.137 e. The third-order valence-corrected chi connectivity index (χ3v) is 7.98. The van der Waals surface area contributed by atoms with Crippen molar-refractivity contribution >= 4 is 23.2 Å². The van der Waals surface area contributed by atoms with Crippen LogP contribution in [0.2, 0.25) is 5.02 Å². The monoisotopic (exact) mass is 469 g/mol. The molecule has 0 aliphatic heterocycles. The van der Waals surface area contributed by atoms with Gasteiger partial charge in [-0.3, -0.25) is 9.59 Å². The van der Waals surface area contributed by atoms with E-state index in [2.05, 4.69) is 14.8 Å². The van der Waals surface area contributed by atoms with E-state index in [1.54, 1.807) is 0 Å². The Morgan fingerprint density at radius 1 is 1.03 bits per heavy atom. The van der Waals surface area contributed by atoms with Gasteiger partial charge in [-0.05, 0) is 75.0 Å². The summed E-state index contributed by atoms with van der Waals surface area (Å²) < 4.78 is 2.32. The normalized spacial score (nSPS) is 20.7. The molecule has 0 N–H and O–H groups in total. The van der Waals surface area contributed by atoms with Crippen molar-refractivity contribution in [3.63, 3.8) is 0 Å². The Balaban J connectivity index is 1.30. The Kier molecular flexibility index (Phi) is 8.00. The molecule has 33 heavy (non-hydrogen) atoms. The maximum atomic E-state index is 12.7. The molecular formula is C27H36ClN3O2. The first-order valence-corrected chi connectivity index (χ1v) is 13.0. The fraction of sp³-hybridized carbons (Fsp3) is 0.630. The molecule has 178 valence electrons. The number of nitrogens with zero attached hydrogens (tertiary/aromatic N) is 3. The van der Waals surface area contributed by atoms with Gasteiger partial charge in [-0.1, -0.05) is 30.7 Å². The zero-order valence-corrected chi connectivity index (χ0v) is 20.7. The number of hydrogen-bond donors (Lipinski definition) is 0. The van der Waals surface area contributed by atoms with E-state index in [0.29, 0.717) is 54.4 Å². The highest BCUT2D eigenvalue weighted by Gasteiger charge is 2.30. The molecule has 0 unspecified atom stereocenters. The van der Waals surface area contributed by atoms with Crippen LogP contribution in [0, 0.1) is 18.8 Å². The first-order valence-electron chi connectivity index (χ1n) is 12.7. The second-order valence-corrected chi connectivity index (χ2v) is 10.4. The molecule has 2 aliphatic rings. The number of Topliss-reactive ketones (excluding diaryl/α,β-unsaturated/α-hetero) is 2. The molecule has 0 bridgehead atoms. The van der Waals surface area contributed by atoms with E-state index >= 15 is 0 Å². The molecule has 2 aromatic rings. The summed E-state index contributed by atoms with van der Waals surface area (Å²) in [6.45, 7) is 3.94. The Hall–Kier alpha value is -2.01. The molecule has 1 aromatic carbocycles. The van der Waals surface area contributed by atoms with E-state index in [9.17, 15) is 9.59 Å². The number of carbonyl (C=O) groups is 2. The van der Waals surface area contributed by atoms with Crippen LogP contribution in [0.4, 0.5) is 0 Å². The van der Waals surface area contributed by atoms with Crippen LogP contribution in [0.15, 0.2) is 18.2 Å². The van der Waals surface area contributed by atoms with Crippen LogP contribution in [0.3, 0.4) is 0 Å². The first-order chi connectivity index (χ1) is 16.0. The lowest BCUT2D eigenvalue weighted by Gasteiger charge is -2.27. The Morgan fingerprint density at radius 3 is 2.39 bits per heavy atom. The molecule has 6 heteroatoms. The summed E-state index contributed by atoms with van der Waals surface area (Å²) in [5.74, 6) is 3.66. The van der Waals surface area contributed by atoms with Gasteiger partial charge in [0, 0.05) is 49.1 Å². The summed E-state index contributed by atoms with van der Waals surface area (Å²) in [6, 6.07) is 6.26. The third-order valence-electron chi connectivity index (χ3n) is 7.57. The molecule has 0 spiro atoms. The lowest BCUT2D eigenvalue weighted by atomic mass is 9.78. The predicted octanol–water partition coefficient (Wildman–Crippen LogP) is 6.04. The lowest BCUT2D eigenvalue weighted by molar-refractivity contribution is -0.123. The summed E-state index contributed by atoms with van der Waals surface area (Å²) in [7, 11) is 0. The molecular weight excluding hydrogens is 434 g/mol. The van der Waals surface area contributed by atoms with Crippen molar-refractivity contribution in [3.05, 3.63) is 46.0 Å². The average Bonchev–Trinajstić information content (AvgIpc) is 3.58. The van der Waals surface area contributed by atoms with Gasteiger partial charge in [0.05, 0.1) is 0 Å². The van der Waals surface area contributed by atoms with Gasteiger partial charge in [-0.25, -0.2) is 0 Å². The minimum Gasteiger partial charge on any atom is -0.312 e. The quantitative estimate of drug-likeness (QED) is 0.402. The number of halogens is 1. The summed E-state index contributed by atoms with van der Waals surface area (Å²) in [5.41, 5.74) is 2.00. The molecule has 5 nitrogen and oxygen atoms in total. The molecule has 0 atom stereocenters. The maximum Gasteiger partial charge on any atom is 0.137 e. The Morgan fingerprint density at radius 2 is 1.73 bits per heavy atom. The minimum absolute atomic E-state index is 0.214. The highest BCUT2D eigenvalue weighted by molar-refractivity contribution is 6.31. The number of hydrogen-bond acceptors (Lipinski definition) is 4. The number of benzene rings is 1. The molecule has 4 rings (SSSR count). The third kappa shape index (κ3) is 6.11. The number of rotatable bonds is 11. The largest absolute Gasteiger partial charge is 0.312 e. The Labute approximate surface area is 202 Å². The van der Waals surface area contributed by atoms with Gasteiger partial charge < -0.3 is 4.57 Å². The molecule has 2 saturated carbocycles. The topological polar surface area (TPSA) is 64.8 Å². The van der Waals surface area contributed by atoms with Crippen molar-refractivity contribution in [2.24, 2.45) is 11.8 Å². The van der Waals surface area contributed by atoms with E-state index in [-0.39, 0.29) is 5.78 Å². The van der Waals surface area contributed by atoms with Crippen LogP contribution in [0.25, 0.3) is 0 Å². The van der Waals surface area contributed by atoms with Crippen molar-refractivity contribution in [1.82, 2.24) is 14.8 Å². The molecule has 0 amide bonds. The molecule has 0 saturated heterocycles. The highest BCUT2D eigenvalue weighted by Crippen LogP contribution is 2.38. The van der Waals surface area contributed by atoms with Gasteiger partial charge in [0.1, 0.15) is 23.2 Å². The van der Waals surface area contributed by atoms with Crippen LogP contribution in [-0.4, -0.2) is 26.3 Å². The lowest BCUT2D eigenvalue weighted by Crippen LogP contribution is -2.21. The standard InChI is InChI=1S/C27H36ClN3O2/c1-3-25(33)20-10-7-19(8-11-20)9-15-26-29-30-27(31(26)22-12-13-22)16-14-23(32)17-21-5-4-6-24(28)18(21)2/h4-6,19-20,22H,3,7-17H2,1-2H3. The summed E-state index contributed by atoms with van der Waals surface area (Å²) in [4.78, 5) is 24.6. The van der Waals surface area contributed by atoms with Gasteiger partial charge in [0.2, 0.25) is 0 Å². The first kappa shape index (κ1) is 24.1. The van der Waals surface area contributed by atoms with Crippen molar-refractivity contribution in [2.45, 2.75) is 96.9 Å². The SMILES string of the molecule is CCC(=O)C1CCC(CCc2nnc(CCC(=O)Cc3cccc(Cl)c3C)n2C2CC2)CC1. The van der Waals surface area contributed by atoms with Crippen LogP contribution in [0.1, 0.15) is 93.5 Å². The highest BCUT2D eigenvalue weighted by atomic mass is 35.5. The van der Waals surface area contributed by atoms with Gasteiger partial charge in [0.25, 0.3) is 0 Å². The molecule has 1 heterocycles. The van der Waals surface area contributed by atoms with E-state index in [1.165, 1.54) is 12.8 Å². The van der Waals surface area contributed by atoms with E-state index < -0.39 is 0 Å². The van der Waals surface area contributed by atoms with Gasteiger partial charge in [0.15, 0.2) is 0 Å². The zero-order valence-electron chi connectivity index (χ0n) is 20.0. The fourth-order valence-electron chi connectivity index (χ4n) is 5.25. The van der Waals surface area contributed by atoms with Crippen molar-refractivity contribution in [1.29, 1.82) is 0 Å². The number of aromatic nitrogens is 3. The van der Waals surface area contributed by atoms with Crippen LogP contribution in [0.5, 0.6) is 0 Å². The van der Waals surface area contributed by atoms with Crippen LogP contribution < -0.4 is 0 Å². The van der Waals surface area contributed by atoms with E-state index in [0.717, 1.165) is 61.3 Å². The second-order valence-electron chi connectivity index (χ2n) is 9.95. The van der Waals surface area contributed by atoms with Crippen molar-refractivity contribution in [2.75, 3.05) is 0 Å². The average molecular weight is 470 g/mol. The van der Waals surface area contributed by atoms with Gasteiger partial charge in [-0.2, -0.15) is 0 Å². The molecule has 1 aromatic heterocycles. The molecule has 2 aliphatic carbocycles. The zero-order chi connectivity index (χ0) is 23.4. The van der Waals surface area contributed by atoms with Crippen LogP contribution in [-0.2, 0) is 28.9 Å². The number of ketones is 2. The van der Waals surface area contributed by atoms with E-state index in [4.69, 9.17) is 11.6 Å². The van der Waals surface area contributed by atoms with E-state index in [1.807, 2.05) is 32.0 Å². The number of carbonyl (C=O) groups excluding carboxylic acids is 2. The minimum atomic E-state index is 0.214. The van der Waals surface area contributed by atoms with Gasteiger partial charge in [-0.15, -0.1) is 10.2 Å². The molecule has 0 radical (unpaired) electrons. The summed E-state index contributed by atoms with van der Waals surface area (Å²) >= 11 is 6.20.